The molecule has 1 aliphatic heterocycles. The van der Waals surface area contributed by atoms with Crippen LogP contribution < -0.4 is 0 Å². The van der Waals surface area contributed by atoms with Crippen molar-refractivity contribution in [2.75, 3.05) is 18.1 Å². The normalized spacial score (nSPS) is 28.1. The summed E-state index contributed by atoms with van der Waals surface area (Å²) < 4.78 is 36.6. The predicted molar refractivity (Wildman–Crippen MR) is 84.9 cm³/mol. The van der Waals surface area contributed by atoms with Crippen molar-refractivity contribution in [3.05, 3.63) is 35.6 Å². The molecule has 0 bridgehead atoms. The summed E-state index contributed by atoms with van der Waals surface area (Å²) in [5, 5.41) is 0. The Bertz CT molecular complexity index is 768. The van der Waals surface area contributed by atoms with Crippen molar-refractivity contribution >= 4 is 15.7 Å². The van der Waals surface area contributed by atoms with Gasteiger partial charge in [0, 0.05) is 12.0 Å². The van der Waals surface area contributed by atoms with Gasteiger partial charge in [0.05, 0.1) is 18.1 Å². The van der Waals surface area contributed by atoms with Crippen molar-refractivity contribution in [2.24, 2.45) is 5.92 Å². The molecular weight excluding hydrogens is 317 g/mol. The average molecular weight is 335 g/mol. The molecular formula is C17H18FNO3S. The number of nitrogens with zero attached hydrogens (tertiary/aromatic N) is 1. The highest BCUT2D eigenvalue weighted by molar-refractivity contribution is 7.91. The highest BCUT2D eigenvalue weighted by Gasteiger charge is 2.47. The minimum Gasteiger partial charge on any atom is -0.327 e. The first-order valence-corrected chi connectivity index (χ1v) is 9.43. The van der Waals surface area contributed by atoms with Gasteiger partial charge in [0.15, 0.2) is 9.84 Å². The van der Waals surface area contributed by atoms with Crippen LogP contribution in [0.4, 0.5) is 4.39 Å². The molecule has 23 heavy (non-hydrogen) atoms. The van der Waals surface area contributed by atoms with E-state index in [-0.39, 0.29) is 47.7 Å². The summed E-state index contributed by atoms with van der Waals surface area (Å²) >= 11 is 0. The summed E-state index contributed by atoms with van der Waals surface area (Å²) in [5.41, 5.74) is 0.808. The maximum Gasteiger partial charge on any atom is 0.227 e. The monoisotopic (exact) mass is 335 g/mol. The van der Waals surface area contributed by atoms with Crippen LogP contribution in [0.25, 0.3) is 0 Å². The van der Waals surface area contributed by atoms with Gasteiger partial charge in [0.25, 0.3) is 0 Å². The Morgan fingerprint density at radius 3 is 2.83 bits per heavy atom. The summed E-state index contributed by atoms with van der Waals surface area (Å²) in [6, 6.07) is 5.93. The Morgan fingerprint density at radius 2 is 2.22 bits per heavy atom. The van der Waals surface area contributed by atoms with Crippen LogP contribution in [0, 0.1) is 24.1 Å². The third-order valence-corrected chi connectivity index (χ3v) is 6.33. The maximum absolute atomic E-state index is 13.3. The van der Waals surface area contributed by atoms with E-state index in [0.29, 0.717) is 12.8 Å². The molecule has 1 aromatic rings. The third kappa shape index (κ3) is 3.40. The summed E-state index contributed by atoms with van der Waals surface area (Å²) in [7, 11) is -3.08. The zero-order chi connectivity index (χ0) is 16.6. The number of amides is 1. The lowest BCUT2D eigenvalue weighted by molar-refractivity contribution is -0.133. The molecule has 0 aromatic heterocycles. The molecule has 3 atom stereocenters. The van der Waals surface area contributed by atoms with Crippen LogP contribution in [-0.2, 0) is 14.6 Å². The molecule has 4 nitrogen and oxygen atoms in total. The molecule has 1 amide bonds. The molecule has 1 heterocycles. The number of benzene rings is 1. The van der Waals surface area contributed by atoms with Crippen molar-refractivity contribution in [1.29, 1.82) is 0 Å². The molecule has 0 spiro atoms. The zero-order valence-electron chi connectivity index (χ0n) is 12.6. The van der Waals surface area contributed by atoms with E-state index >= 15 is 0 Å². The Morgan fingerprint density at radius 1 is 1.43 bits per heavy atom. The fourth-order valence-corrected chi connectivity index (χ4v) is 5.02. The highest BCUT2D eigenvalue weighted by Crippen LogP contribution is 2.49. The third-order valence-electron chi connectivity index (χ3n) is 4.58. The predicted octanol–water partition coefficient (Wildman–Crippen LogP) is 1.58. The Kier molecular flexibility index (Phi) is 4.15. The van der Waals surface area contributed by atoms with Gasteiger partial charge in [-0.15, -0.1) is 6.42 Å². The van der Waals surface area contributed by atoms with Gasteiger partial charge in [-0.1, -0.05) is 18.1 Å². The Labute approximate surface area is 135 Å². The first kappa shape index (κ1) is 16.0. The fraction of sp³-hybridized carbons (Fsp3) is 0.471. The van der Waals surface area contributed by atoms with Crippen molar-refractivity contribution < 1.29 is 17.6 Å². The fourth-order valence-electron chi connectivity index (χ4n) is 3.29. The van der Waals surface area contributed by atoms with Gasteiger partial charge in [0.2, 0.25) is 5.91 Å². The first-order chi connectivity index (χ1) is 10.9. The quantitative estimate of drug-likeness (QED) is 0.785. The van der Waals surface area contributed by atoms with E-state index < -0.39 is 9.84 Å². The van der Waals surface area contributed by atoms with E-state index in [1.165, 1.54) is 17.0 Å². The van der Waals surface area contributed by atoms with E-state index in [2.05, 4.69) is 5.92 Å². The number of rotatable bonds is 4. The molecule has 122 valence electrons. The number of carbonyl (C=O) groups excluding carboxylic acids is 1. The minimum absolute atomic E-state index is 0.00325. The van der Waals surface area contributed by atoms with Gasteiger partial charge in [-0.05, 0) is 36.5 Å². The van der Waals surface area contributed by atoms with E-state index in [9.17, 15) is 17.6 Å². The number of carbonyl (C=O) groups is 1. The van der Waals surface area contributed by atoms with Crippen molar-refractivity contribution in [3.63, 3.8) is 0 Å². The molecule has 0 unspecified atom stereocenters. The second-order valence-corrected chi connectivity index (χ2v) is 8.46. The largest absolute Gasteiger partial charge is 0.327 e. The molecule has 0 radical (unpaired) electrons. The second kappa shape index (κ2) is 5.97. The molecule has 1 aliphatic carbocycles. The lowest BCUT2D eigenvalue weighted by Gasteiger charge is -2.26. The van der Waals surface area contributed by atoms with Crippen molar-refractivity contribution in [3.8, 4) is 12.3 Å². The first-order valence-electron chi connectivity index (χ1n) is 7.61. The lowest BCUT2D eigenvalue weighted by Crippen LogP contribution is -2.42. The van der Waals surface area contributed by atoms with Gasteiger partial charge in [0.1, 0.15) is 5.82 Å². The van der Waals surface area contributed by atoms with Crippen molar-refractivity contribution in [2.45, 2.75) is 24.8 Å². The van der Waals surface area contributed by atoms with Gasteiger partial charge >= 0.3 is 0 Å². The van der Waals surface area contributed by atoms with Crippen LogP contribution in [0.2, 0.25) is 0 Å². The topological polar surface area (TPSA) is 54.5 Å². The molecule has 1 saturated carbocycles. The molecule has 1 aromatic carbocycles. The van der Waals surface area contributed by atoms with E-state index in [1.54, 1.807) is 6.07 Å². The summed E-state index contributed by atoms with van der Waals surface area (Å²) in [6.07, 6.45) is 6.44. The van der Waals surface area contributed by atoms with Gasteiger partial charge < -0.3 is 4.90 Å². The molecule has 2 fully saturated rings. The standard InChI is InChI=1S/C17H18FNO3S/c1-2-7-19(14-6-8-23(21,22)11-14)17(20)16-10-15(16)12-4-3-5-13(18)9-12/h1,3-5,9,14-16H,6-8,10-11H2/t14-,15+,16-/m1/s1. The maximum atomic E-state index is 13.3. The Hall–Kier alpha value is -1.87. The van der Waals surface area contributed by atoms with Crippen molar-refractivity contribution in [1.82, 2.24) is 4.90 Å². The van der Waals surface area contributed by atoms with Crippen LogP contribution in [0.15, 0.2) is 24.3 Å². The molecule has 3 rings (SSSR count). The SMILES string of the molecule is C#CCN(C(=O)[C@@H]1C[C@H]1c1cccc(F)c1)[C@@H]1CCS(=O)(=O)C1. The Balaban J connectivity index is 1.72. The van der Waals surface area contributed by atoms with Crippen LogP contribution in [0.3, 0.4) is 0 Å². The van der Waals surface area contributed by atoms with Crippen LogP contribution >= 0.6 is 0 Å². The lowest BCUT2D eigenvalue weighted by atomic mass is 10.1. The molecule has 0 N–H and O–H groups in total. The van der Waals surface area contributed by atoms with Crippen LogP contribution in [0.1, 0.15) is 24.3 Å². The van der Waals surface area contributed by atoms with Crippen LogP contribution in [-0.4, -0.2) is 43.3 Å². The van der Waals surface area contributed by atoms with Gasteiger partial charge in [-0.25, -0.2) is 12.8 Å². The van der Waals surface area contributed by atoms with E-state index in [1.807, 2.05) is 6.07 Å². The highest BCUT2D eigenvalue weighted by atomic mass is 32.2. The zero-order valence-corrected chi connectivity index (χ0v) is 13.4. The summed E-state index contributed by atoms with van der Waals surface area (Å²) in [5.74, 6) is 1.87. The summed E-state index contributed by atoms with van der Waals surface area (Å²) in [4.78, 5) is 14.2. The molecule has 1 saturated heterocycles. The number of hydrogen-bond donors (Lipinski definition) is 0. The number of halogens is 1. The van der Waals surface area contributed by atoms with E-state index in [0.717, 1.165) is 5.56 Å². The van der Waals surface area contributed by atoms with Crippen LogP contribution in [0.5, 0.6) is 0 Å². The van der Waals surface area contributed by atoms with Gasteiger partial charge in [-0.2, -0.15) is 0 Å². The molecule has 2 aliphatic rings. The number of hydrogen-bond acceptors (Lipinski definition) is 3. The smallest absolute Gasteiger partial charge is 0.227 e. The molecule has 6 heteroatoms. The summed E-state index contributed by atoms with van der Waals surface area (Å²) in [6.45, 7) is 0.116. The average Bonchev–Trinajstić information content (AvgIpc) is 3.22. The minimum atomic E-state index is -3.08. The van der Waals surface area contributed by atoms with E-state index in [4.69, 9.17) is 6.42 Å². The number of sulfone groups is 1. The number of terminal acetylenes is 1. The van der Waals surface area contributed by atoms with Gasteiger partial charge in [-0.3, -0.25) is 4.79 Å². The second-order valence-electron chi connectivity index (χ2n) is 6.23.